The van der Waals surface area contributed by atoms with E-state index >= 15 is 0 Å². The lowest BCUT2D eigenvalue weighted by atomic mass is 10.1. The Morgan fingerprint density at radius 1 is 0.897 bits per heavy atom. The molecule has 6 heteroatoms. The van der Waals surface area contributed by atoms with E-state index in [9.17, 15) is 9.59 Å². The fraction of sp³-hybridized carbons (Fsp3) is 0.217. The minimum Gasteiger partial charge on any atom is -0.445 e. The first kappa shape index (κ1) is 20.6. The average molecular weight is 409 g/mol. The summed E-state index contributed by atoms with van der Waals surface area (Å²) < 4.78 is 5.28. The van der Waals surface area contributed by atoms with Crippen molar-refractivity contribution in [1.29, 1.82) is 0 Å². The van der Waals surface area contributed by atoms with Gasteiger partial charge in [0, 0.05) is 17.8 Å². The van der Waals surface area contributed by atoms with E-state index < -0.39 is 12.1 Å². The number of carbonyl (C=O) groups excluding carboxylic acids is 2. The molecule has 3 aromatic rings. The molecule has 0 fully saturated rings. The second kappa shape index (κ2) is 11.0. The van der Waals surface area contributed by atoms with E-state index in [1.54, 1.807) is 11.3 Å². The number of hydrogen-bond acceptors (Lipinski definition) is 4. The van der Waals surface area contributed by atoms with E-state index in [2.05, 4.69) is 10.6 Å². The third-order valence-corrected chi connectivity index (χ3v) is 5.29. The van der Waals surface area contributed by atoms with Gasteiger partial charge in [0.2, 0.25) is 5.91 Å². The Labute approximate surface area is 174 Å². The highest BCUT2D eigenvalue weighted by molar-refractivity contribution is 7.09. The first-order valence-electron chi connectivity index (χ1n) is 9.52. The highest BCUT2D eigenvalue weighted by Gasteiger charge is 2.21. The van der Waals surface area contributed by atoms with Gasteiger partial charge >= 0.3 is 6.09 Å². The summed E-state index contributed by atoms with van der Waals surface area (Å²) in [7, 11) is 0. The molecular formula is C23H24N2O3S. The molecule has 0 spiro atoms. The molecule has 0 saturated heterocycles. The second-order valence-corrected chi connectivity index (χ2v) is 7.60. The number of thiophene rings is 1. The van der Waals surface area contributed by atoms with Gasteiger partial charge in [-0.2, -0.15) is 0 Å². The Bertz CT molecular complexity index is 883. The molecular weight excluding hydrogens is 384 g/mol. The number of amides is 2. The quantitative estimate of drug-likeness (QED) is 0.563. The van der Waals surface area contributed by atoms with E-state index in [1.165, 1.54) is 4.88 Å². The van der Waals surface area contributed by atoms with Crippen molar-refractivity contribution in [3.05, 3.63) is 94.2 Å². The van der Waals surface area contributed by atoms with Crippen LogP contribution in [0.25, 0.3) is 0 Å². The van der Waals surface area contributed by atoms with Gasteiger partial charge in [-0.15, -0.1) is 11.3 Å². The zero-order valence-electron chi connectivity index (χ0n) is 16.0. The molecule has 0 aliphatic carbocycles. The van der Waals surface area contributed by atoms with Crippen LogP contribution in [0, 0.1) is 0 Å². The van der Waals surface area contributed by atoms with Crippen molar-refractivity contribution < 1.29 is 14.3 Å². The van der Waals surface area contributed by atoms with Gasteiger partial charge in [0.05, 0.1) is 0 Å². The molecule has 29 heavy (non-hydrogen) atoms. The summed E-state index contributed by atoms with van der Waals surface area (Å²) in [6, 6.07) is 22.4. The second-order valence-electron chi connectivity index (χ2n) is 6.57. The molecule has 2 aromatic carbocycles. The van der Waals surface area contributed by atoms with Crippen LogP contribution in [0.5, 0.6) is 0 Å². The fourth-order valence-electron chi connectivity index (χ4n) is 2.85. The number of alkyl carbamates (subject to hydrolysis) is 1. The molecule has 150 valence electrons. The maximum Gasteiger partial charge on any atom is 0.408 e. The number of hydrogen-bond donors (Lipinski definition) is 2. The zero-order valence-corrected chi connectivity index (χ0v) is 16.9. The number of rotatable bonds is 9. The molecule has 0 radical (unpaired) electrons. The van der Waals surface area contributed by atoms with Crippen LogP contribution in [-0.4, -0.2) is 24.6 Å². The molecule has 1 heterocycles. The zero-order chi connectivity index (χ0) is 20.3. The third kappa shape index (κ3) is 7.08. The van der Waals surface area contributed by atoms with E-state index in [1.807, 2.05) is 78.2 Å². The van der Waals surface area contributed by atoms with Crippen LogP contribution in [0.2, 0.25) is 0 Å². The number of carbonyl (C=O) groups is 2. The molecule has 1 aromatic heterocycles. The molecule has 1 atom stereocenters. The van der Waals surface area contributed by atoms with Crippen molar-refractivity contribution in [3.8, 4) is 0 Å². The topological polar surface area (TPSA) is 67.4 Å². The Kier molecular flexibility index (Phi) is 7.83. The SMILES string of the molecule is O=C(NC(Cc1ccccc1)C(=O)NCCc1cccs1)OCc1ccccc1. The lowest BCUT2D eigenvalue weighted by molar-refractivity contribution is -0.123. The van der Waals surface area contributed by atoms with Crippen molar-refractivity contribution in [2.45, 2.75) is 25.5 Å². The van der Waals surface area contributed by atoms with Crippen molar-refractivity contribution in [2.75, 3.05) is 6.54 Å². The molecule has 2 amide bonds. The summed E-state index contributed by atoms with van der Waals surface area (Å²) >= 11 is 1.66. The van der Waals surface area contributed by atoms with E-state index in [-0.39, 0.29) is 12.5 Å². The summed E-state index contributed by atoms with van der Waals surface area (Å²) in [6.07, 6.45) is 0.551. The Morgan fingerprint density at radius 3 is 2.24 bits per heavy atom. The summed E-state index contributed by atoms with van der Waals surface area (Å²) in [6.45, 7) is 0.677. The minimum atomic E-state index is -0.705. The van der Waals surface area contributed by atoms with Crippen molar-refractivity contribution in [3.63, 3.8) is 0 Å². The third-order valence-electron chi connectivity index (χ3n) is 4.35. The molecule has 0 aliphatic heterocycles. The van der Waals surface area contributed by atoms with E-state index in [0.717, 1.165) is 17.5 Å². The Balaban J connectivity index is 1.55. The largest absolute Gasteiger partial charge is 0.445 e. The van der Waals surface area contributed by atoms with Gasteiger partial charge in [-0.3, -0.25) is 4.79 Å². The maximum absolute atomic E-state index is 12.7. The van der Waals surface area contributed by atoms with Gasteiger partial charge in [-0.1, -0.05) is 66.7 Å². The van der Waals surface area contributed by atoms with Gasteiger partial charge in [-0.05, 0) is 29.0 Å². The summed E-state index contributed by atoms with van der Waals surface area (Å²) in [4.78, 5) is 26.2. The van der Waals surface area contributed by atoms with Crippen LogP contribution < -0.4 is 10.6 Å². The van der Waals surface area contributed by atoms with Crippen molar-refractivity contribution in [2.24, 2.45) is 0 Å². The lowest BCUT2D eigenvalue weighted by Gasteiger charge is -2.18. The van der Waals surface area contributed by atoms with Crippen LogP contribution >= 0.6 is 11.3 Å². The van der Waals surface area contributed by atoms with Crippen LogP contribution in [0.4, 0.5) is 4.79 Å². The van der Waals surface area contributed by atoms with Gasteiger partial charge < -0.3 is 15.4 Å². The predicted octanol–water partition coefficient (Wildman–Crippen LogP) is 3.94. The molecule has 0 saturated carbocycles. The van der Waals surface area contributed by atoms with E-state index in [0.29, 0.717) is 13.0 Å². The predicted molar refractivity (Wildman–Crippen MR) is 115 cm³/mol. The first-order chi connectivity index (χ1) is 14.2. The van der Waals surface area contributed by atoms with Crippen molar-refractivity contribution in [1.82, 2.24) is 10.6 Å². The maximum atomic E-state index is 12.7. The van der Waals surface area contributed by atoms with Gasteiger partial charge in [-0.25, -0.2) is 4.79 Å². The Morgan fingerprint density at radius 2 is 1.59 bits per heavy atom. The monoisotopic (exact) mass is 408 g/mol. The summed E-state index contributed by atoms with van der Waals surface area (Å²) in [5, 5.41) is 7.64. The molecule has 5 nitrogen and oxygen atoms in total. The smallest absolute Gasteiger partial charge is 0.408 e. The minimum absolute atomic E-state index is 0.157. The number of nitrogens with one attached hydrogen (secondary N) is 2. The normalized spacial score (nSPS) is 11.4. The molecule has 2 N–H and O–H groups in total. The number of ether oxygens (including phenoxy) is 1. The van der Waals surface area contributed by atoms with Crippen LogP contribution in [0.1, 0.15) is 16.0 Å². The molecule has 0 aliphatic rings. The van der Waals surface area contributed by atoms with Crippen molar-refractivity contribution >= 4 is 23.3 Å². The van der Waals surface area contributed by atoms with Gasteiger partial charge in [0.25, 0.3) is 0 Å². The summed E-state index contributed by atoms with van der Waals surface area (Å²) in [5.74, 6) is -0.220. The van der Waals surface area contributed by atoms with Crippen LogP contribution in [-0.2, 0) is 29.0 Å². The summed E-state index contributed by atoms with van der Waals surface area (Å²) in [5.41, 5.74) is 1.86. The van der Waals surface area contributed by atoms with E-state index in [4.69, 9.17) is 4.74 Å². The number of benzene rings is 2. The van der Waals surface area contributed by atoms with Crippen LogP contribution in [0.15, 0.2) is 78.2 Å². The molecule has 3 rings (SSSR count). The first-order valence-corrected chi connectivity index (χ1v) is 10.4. The molecule has 1 unspecified atom stereocenters. The Hall–Kier alpha value is -3.12. The average Bonchev–Trinajstić information content (AvgIpc) is 3.27. The highest BCUT2D eigenvalue weighted by atomic mass is 32.1. The highest BCUT2D eigenvalue weighted by Crippen LogP contribution is 2.09. The lowest BCUT2D eigenvalue weighted by Crippen LogP contribution is -2.48. The van der Waals surface area contributed by atoms with Gasteiger partial charge in [0.15, 0.2) is 0 Å². The standard InChI is InChI=1S/C23H24N2O3S/c26-22(24-14-13-20-12-7-15-29-20)21(16-18-8-3-1-4-9-18)25-23(27)28-17-19-10-5-2-6-11-19/h1-12,15,21H,13-14,16-17H2,(H,24,26)(H,25,27). The molecule has 0 bridgehead atoms. The van der Waals surface area contributed by atoms with Gasteiger partial charge in [0.1, 0.15) is 12.6 Å². The fourth-order valence-corrected chi connectivity index (χ4v) is 3.56. The van der Waals surface area contributed by atoms with Crippen LogP contribution in [0.3, 0.4) is 0 Å².